The first-order valence-corrected chi connectivity index (χ1v) is 4.17. The van der Waals surface area contributed by atoms with E-state index in [1.165, 1.54) is 17.7 Å². The number of nitrogens with one attached hydrogen (secondary N) is 1. The first-order chi connectivity index (χ1) is 5.31. The van der Waals surface area contributed by atoms with E-state index in [4.69, 9.17) is 0 Å². The molecule has 2 atom stereocenters. The second-order valence-electron chi connectivity index (χ2n) is 3.86. The molecule has 0 amide bonds. The fourth-order valence-electron chi connectivity index (χ4n) is 2.17. The minimum absolute atomic E-state index is 0.483. The van der Waals surface area contributed by atoms with Crippen molar-refractivity contribution in [3.63, 3.8) is 0 Å². The van der Waals surface area contributed by atoms with Crippen LogP contribution in [-0.2, 0) is 5.41 Å². The van der Waals surface area contributed by atoms with E-state index in [2.05, 4.69) is 36.5 Å². The number of hydrogen-bond donors (Lipinski definition) is 1. The van der Waals surface area contributed by atoms with Gasteiger partial charge in [0.15, 0.2) is 0 Å². The number of anilines is 1. The van der Waals surface area contributed by atoms with E-state index in [-0.39, 0.29) is 0 Å². The van der Waals surface area contributed by atoms with E-state index < -0.39 is 0 Å². The third-order valence-electron chi connectivity index (χ3n) is 3.11. The Morgan fingerprint density at radius 1 is 1.45 bits per heavy atom. The molecule has 0 aromatic heterocycles. The lowest BCUT2D eigenvalue weighted by atomic mass is 9.99. The topological polar surface area (TPSA) is 12.0 Å². The van der Waals surface area contributed by atoms with Crippen molar-refractivity contribution >= 4 is 5.69 Å². The van der Waals surface area contributed by atoms with Gasteiger partial charge in [0.25, 0.3) is 0 Å². The molecular weight excluding hydrogens is 134 g/mol. The van der Waals surface area contributed by atoms with E-state index in [9.17, 15) is 0 Å². The van der Waals surface area contributed by atoms with Crippen LogP contribution >= 0.6 is 0 Å². The average Bonchev–Trinajstić information content (AvgIpc) is 2.57. The van der Waals surface area contributed by atoms with Crippen LogP contribution in [0.2, 0.25) is 0 Å². The Morgan fingerprint density at radius 2 is 2.27 bits per heavy atom. The summed E-state index contributed by atoms with van der Waals surface area (Å²) in [4.78, 5) is 0. The van der Waals surface area contributed by atoms with Crippen LogP contribution < -0.4 is 5.32 Å². The average molecular weight is 145 g/mol. The molecule has 2 aliphatic rings. The van der Waals surface area contributed by atoms with Gasteiger partial charge in [-0.3, -0.25) is 0 Å². The second-order valence-corrected chi connectivity index (χ2v) is 3.86. The van der Waals surface area contributed by atoms with Gasteiger partial charge in [-0.25, -0.2) is 0 Å². The van der Waals surface area contributed by atoms with Gasteiger partial charge in [0.1, 0.15) is 0 Å². The lowest BCUT2D eigenvalue weighted by Crippen LogP contribution is -2.01. The van der Waals surface area contributed by atoms with Crippen molar-refractivity contribution < 1.29 is 0 Å². The molecule has 1 heteroatoms. The monoisotopic (exact) mass is 145 g/mol. The third-order valence-corrected chi connectivity index (χ3v) is 3.11. The Hall–Kier alpha value is -0.980. The smallest absolute Gasteiger partial charge is 0.0381 e. The van der Waals surface area contributed by atoms with E-state index in [0.717, 1.165) is 6.04 Å². The lowest BCUT2D eigenvalue weighted by molar-refractivity contribution is 0.794. The van der Waals surface area contributed by atoms with Crippen molar-refractivity contribution in [1.82, 2.24) is 0 Å². The van der Waals surface area contributed by atoms with Crippen LogP contribution in [0, 0.1) is 0 Å². The molecule has 1 aromatic rings. The second kappa shape index (κ2) is 1.45. The highest BCUT2D eigenvalue weighted by Crippen LogP contribution is 2.56. The summed E-state index contributed by atoms with van der Waals surface area (Å²) in [6, 6.07) is 9.38. The first kappa shape index (κ1) is 5.64. The maximum Gasteiger partial charge on any atom is 0.0381 e. The number of para-hydroxylation sites is 1. The van der Waals surface area contributed by atoms with Gasteiger partial charge in [-0.2, -0.15) is 0 Å². The molecule has 56 valence electrons. The molecule has 11 heavy (non-hydrogen) atoms. The van der Waals surface area contributed by atoms with Gasteiger partial charge in [-0.1, -0.05) is 25.1 Å². The van der Waals surface area contributed by atoms with Crippen LogP contribution in [0.25, 0.3) is 0 Å². The fraction of sp³-hybridized carbons (Fsp3) is 0.400. The van der Waals surface area contributed by atoms with Crippen molar-refractivity contribution in [2.75, 3.05) is 5.32 Å². The van der Waals surface area contributed by atoms with Crippen LogP contribution in [0.4, 0.5) is 5.69 Å². The molecule has 1 nitrogen and oxygen atoms in total. The zero-order chi connectivity index (χ0) is 7.47. The Balaban J connectivity index is 2.24. The van der Waals surface area contributed by atoms with E-state index in [1.54, 1.807) is 0 Å². The Kier molecular flexibility index (Phi) is 0.743. The largest absolute Gasteiger partial charge is 0.381 e. The normalized spacial score (nSPS) is 37.4. The van der Waals surface area contributed by atoms with Crippen molar-refractivity contribution in [1.29, 1.82) is 0 Å². The number of benzene rings is 1. The lowest BCUT2D eigenvalue weighted by Gasteiger charge is -2.05. The van der Waals surface area contributed by atoms with Crippen molar-refractivity contribution in [3.05, 3.63) is 29.8 Å². The van der Waals surface area contributed by atoms with E-state index >= 15 is 0 Å². The molecule has 0 radical (unpaired) electrons. The maximum absolute atomic E-state index is 3.51. The molecule has 3 rings (SSSR count). The summed E-state index contributed by atoms with van der Waals surface area (Å²) < 4.78 is 0. The highest BCUT2D eigenvalue weighted by molar-refractivity contribution is 5.66. The Labute approximate surface area is 66.4 Å². The van der Waals surface area contributed by atoms with Gasteiger partial charge < -0.3 is 5.32 Å². The summed E-state index contributed by atoms with van der Waals surface area (Å²) in [5, 5.41) is 3.51. The number of rotatable bonds is 0. The molecule has 1 aliphatic carbocycles. The predicted molar refractivity (Wildman–Crippen MR) is 45.8 cm³/mol. The summed E-state index contributed by atoms with van der Waals surface area (Å²) in [7, 11) is 0. The van der Waals surface area contributed by atoms with Crippen molar-refractivity contribution in [2.24, 2.45) is 0 Å². The molecule has 1 aliphatic heterocycles. The highest BCUT2D eigenvalue weighted by atomic mass is 15.0. The highest BCUT2D eigenvalue weighted by Gasteiger charge is 2.56. The third kappa shape index (κ3) is 0.528. The molecule has 1 fully saturated rings. The molecule has 1 heterocycles. The predicted octanol–water partition coefficient (Wildman–Crippen LogP) is 2.14. The molecule has 1 aromatic carbocycles. The van der Waals surface area contributed by atoms with Crippen LogP contribution in [0.1, 0.15) is 18.9 Å². The summed E-state index contributed by atoms with van der Waals surface area (Å²) in [5.74, 6) is 0. The van der Waals surface area contributed by atoms with Gasteiger partial charge in [0.2, 0.25) is 0 Å². The minimum Gasteiger partial charge on any atom is -0.381 e. The van der Waals surface area contributed by atoms with Gasteiger partial charge in [-0.15, -0.1) is 0 Å². The van der Waals surface area contributed by atoms with Crippen LogP contribution in [0.15, 0.2) is 24.3 Å². The molecule has 1 saturated carbocycles. The molecule has 2 unspecified atom stereocenters. The van der Waals surface area contributed by atoms with E-state index in [0.29, 0.717) is 5.41 Å². The summed E-state index contributed by atoms with van der Waals surface area (Å²) in [6.07, 6.45) is 1.32. The van der Waals surface area contributed by atoms with Crippen LogP contribution in [-0.4, -0.2) is 6.04 Å². The van der Waals surface area contributed by atoms with E-state index in [1.807, 2.05) is 0 Å². The van der Waals surface area contributed by atoms with Crippen LogP contribution in [0.3, 0.4) is 0 Å². The SMILES string of the molecule is CC12CC1Nc1ccccc12. The minimum atomic E-state index is 0.483. The zero-order valence-corrected chi connectivity index (χ0v) is 6.59. The number of hydrogen-bond acceptors (Lipinski definition) is 1. The summed E-state index contributed by atoms with van der Waals surface area (Å²) in [5.41, 5.74) is 3.35. The maximum atomic E-state index is 3.51. The first-order valence-electron chi connectivity index (χ1n) is 4.17. The number of fused-ring (bicyclic) bond motifs is 3. The summed E-state index contributed by atoms with van der Waals surface area (Å²) >= 11 is 0. The zero-order valence-electron chi connectivity index (χ0n) is 6.59. The van der Waals surface area contributed by atoms with Gasteiger partial charge in [0, 0.05) is 17.1 Å². The summed E-state index contributed by atoms with van der Waals surface area (Å²) in [6.45, 7) is 2.34. The van der Waals surface area contributed by atoms with Crippen molar-refractivity contribution in [2.45, 2.75) is 24.8 Å². The van der Waals surface area contributed by atoms with Crippen molar-refractivity contribution in [3.8, 4) is 0 Å². The molecule has 1 N–H and O–H groups in total. The molecule has 0 bridgehead atoms. The van der Waals surface area contributed by atoms with Gasteiger partial charge >= 0.3 is 0 Å². The van der Waals surface area contributed by atoms with Crippen LogP contribution in [0.5, 0.6) is 0 Å². The van der Waals surface area contributed by atoms with Gasteiger partial charge in [-0.05, 0) is 18.1 Å². The Bertz CT molecular complexity index is 318. The molecule has 0 saturated heterocycles. The quantitative estimate of drug-likeness (QED) is 0.589. The fourth-order valence-corrected chi connectivity index (χ4v) is 2.17. The molecule has 0 spiro atoms. The molecular formula is C10H11N. The Morgan fingerprint density at radius 3 is 3.09 bits per heavy atom. The van der Waals surface area contributed by atoms with Gasteiger partial charge in [0.05, 0.1) is 0 Å². The standard InChI is InChI=1S/C10H11N/c1-10-6-9(10)11-8-5-3-2-4-7(8)10/h2-5,9,11H,6H2,1H3.